The molecule has 6 nitrogen and oxygen atoms in total. The van der Waals surface area contributed by atoms with E-state index in [0.29, 0.717) is 30.1 Å². The van der Waals surface area contributed by atoms with Gasteiger partial charge >= 0.3 is 0 Å². The number of anilines is 2. The number of nitrogens with zero attached hydrogens (tertiary/aromatic N) is 1. The molecule has 0 bridgehead atoms. The highest BCUT2D eigenvalue weighted by Crippen LogP contribution is 2.58. The molecule has 0 spiro atoms. The number of fused-ring (bicyclic) bond motifs is 1. The molecule has 2 atom stereocenters. The average molecular weight is 358 g/mol. The maximum absolute atomic E-state index is 13.0. The number of benzene rings is 2. The third-order valence-electron chi connectivity index (χ3n) is 4.96. The van der Waals surface area contributed by atoms with Gasteiger partial charge in [-0.25, -0.2) is 8.42 Å². The summed E-state index contributed by atoms with van der Waals surface area (Å²) in [4.78, 5) is 12.8. The Morgan fingerprint density at radius 1 is 1.16 bits per heavy atom. The fourth-order valence-electron chi connectivity index (χ4n) is 3.47. The first kappa shape index (κ1) is 16.0. The van der Waals surface area contributed by atoms with Crippen LogP contribution in [0.4, 0.5) is 11.4 Å². The van der Waals surface area contributed by atoms with Gasteiger partial charge in [0.25, 0.3) is 0 Å². The predicted octanol–water partition coefficient (Wildman–Crippen LogP) is 2.24. The van der Waals surface area contributed by atoms with Gasteiger partial charge in [-0.05, 0) is 42.8 Å². The summed E-state index contributed by atoms with van der Waals surface area (Å²) < 4.78 is 31.2. The van der Waals surface area contributed by atoms with Crippen molar-refractivity contribution >= 4 is 27.3 Å². The summed E-state index contributed by atoms with van der Waals surface area (Å²) in [6, 6.07) is 15.7. The molecule has 1 aliphatic heterocycles. The molecule has 0 aromatic heterocycles. The summed E-state index contributed by atoms with van der Waals surface area (Å²) in [5.41, 5.74) is 1.16. The van der Waals surface area contributed by atoms with E-state index >= 15 is 0 Å². The molecule has 25 heavy (non-hydrogen) atoms. The van der Waals surface area contributed by atoms with Crippen LogP contribution in [-0.4, -0.2) is 32.7 Å². The molecule has 2 aromatic carbocycles. The second kappa shape index (κ2) is 5.49. The van der Waals surface area contributed by atoms with Gasteiger partial charge in [0.15, 0.2) is 4.75 Å². The zero-order valence-electron chi connectivity index (χ0n) is 13.7. The van der Waals surface area contributed by atoms with E-state index in [1.807, 2.05) is 6.07 Å². The summed E-state index contributed by atoms with van der Waals surface area (Å²) in [6.45, 7) is 0.350. The quantitative estimate of drug-likeness (QED) is 0.909. The molecule has 1 heterocycles. The Morgan fingerprint density at radius 2 is 1.84 bits per heavy atom. The van der Waals surface area contributed by atoms with Gasteiger partial charge in [0.2, 0.25) is 15.9 Å². The number of hydrogen-bond acceptors (Lipinski definition) is 4. The maximum atomic E-state index is 13.0. The number of nitrogens with one attached hydrogen (secondary N) is 1. The zero-order valence-corrected chi connectivity index (χ0v) is 14.5. The largest absolute Gasteiger partial charge is 0.497 e. The van der Waals surface area contributed by atoms with Gasteiger partial charge in [-0.15, -0.1) is 0 Å². The Hall–Kier alpha value is -2.54. The molecule has 130 valence electrons. The molecule has 1 aliphatic carbocycles. The van der Waals surface area contributed by atoms with Crippen LogP contribution in [0.3, 0.4) is 0 Å². The predicted molar refractivity (Wildman–Crippen MR) is 95.2 cm³/mol. The standard InChI is InChI=1S/C18H18N2O4S/c1-24-16-9-7-14(8-10-16)19-17(21)18-11-13(18)12-20(25(18,22)23)15-5-3-2-4-6-15/h2-10,13H,11-12H2,1H3,(H,19,21)/t13-,18-/m0/s1. The molecular formula is C18H18N2O4S. The van der Waals surface area contributed by atoms with Gasteiger partial charge in [-0.2, -0.15) is 0 Å². The van der Waals surface area contributed by atoms with Crippen LogP contribution in [0.1, 0.15) is 6.42 Å². The van der Waals surface area contributed by atoms with Gasteiger partial charge in [-0.1, -0.05) is 18.2 Å². The van der Waals surface area contributed by atoms with Crippen LogP contribution in [0.2, 0.25) is 0 Å². The number of carbonyl (C=O) groups is 1. The van der Waals surface area contributed by atoms with E-state index in [1.165, 1.54) is 4.31 Å². The Bertz CT molecular complexity index is 912. The third kappa shape index (κ3) is 2.30. The molecule has 2 aromatic rings. The molecule has 4 rings (SSSR count). The summed E-state index contributed by atoms with van der Waals surface area (Å²) in [5.74, 6) is 0.0428. The van der Waals surface area contributed by atoms with Crippen molar-refractivity contribution in [2.24, 2.45) is 5.92 Å². The zero-order chi connectivity index (χ0) is 17.7. The van der Waals surface area contributed by atoms with Crippen LogP contribution in [0.25, 0.3) is 0 Å². The smallest absolute Gasteiger partial charge is 0.250 e. The number of methoxy groups -OCH3 is 1. The van der Waals surface area contributed by atoms with Crippen LogP contribution in [-0.2, 0) is 14.8 Å². The molecule has 0 unspecified atom stereocenters. The lowest BCUT2D eigenvalue weighted by molar-refractivity contribution is -0.116. The van der Waals surface area contributed by atoms with Crippen LogP contribution >= 0.6 is 0 Å². The number of amides is 1. The van der Waals surface area contributed by atoms with Crippen LogP contribution in [0, 0.1) is 5.92 Å². The number of carbonyl (C=O) groups excluding carboxylic acids is 1. The highest BCUT2D eigenvalue weighted by atomic mass is 32.2. The first-order chi connectivity index (χ1) is 12.0. The highest BCUT2D eigenvalue weighted by Gasteiger charge is 2.75. The number of hydrogen-bond donors (Lipinski definition) is 1. The SMILES string of the molecule is COc1ccc(NC(=O)[C@]23C[C@H]2CN(c2ccccc2)S3(=O)=O)cc1. The Labute approximate surface area is 146 Å². The number of para-hydroxylation sites is 1. The van der Waals surface area contributed by atoms with Crippen molar-refractivity contribution in [3.05, 3.63) is 54.6 Å². The van der Waals surface area contributed by atoms with Crippen molar-refractivity contribution in [1.82, 2.24) is 0 Å². The minimum Gasteiger partial charge on any atom is -0.497 e. The van der Waals surface area contributed by atoms with E-state index in [1.54, 1.807) is 55.6 Å². The minimum atomic E-state index is -3.74. The molecule has 1 saturated heterocycles. The van der Waals surface area contributed by atoms with Gasteiger partial charge in [0.05, 0.1) is 12.8 Å². The Kier molecular flexibility index (Phi) is 3.50. The van der Waals surface area contributed by atoms with Crippen molar-refractivity contribution in [3.8, 4) is 5.75 Å². The average Bonchev–Trinajstić information content (AvgIpc) is 3.32. The van der Waals surface area contributed by atoms with Crippen LogP contribution in [0.15, 0.2) is 54.6 Å². The van der Waals surface area contributed by atoms with Crippen molar-refractivity contribution in [3.63, 3.8) is 0 Å². The molecule has 2 aliphatic rings. The summed E-state index contributed by atoms with van der Waals surface area (Å²) in [5, 5.41) is 2.74. The normalized spacial score (nSPS) is 26.0. The van der Waals surface area contributed by atoms with Crippen LogP contribution in [0.5, 0.6) is 5.75 Å². The van der Waals surface area contributed by atoms with Gasteiger partial charge < -0.3 is 10.1 Å². The van der Waals surface area contributed by atoms with E-state index in [-0.39, 0.29) is 5.92 Å². The summed E-state index contributed by atoms with van der Waals surface area (Å²) >= 11 is 0. The van der Waals surface area contributed by atoms with Gasteiger partial charge in [0, 0.05) is 18.2 Å². The molecule has 0 radical (unpaired) electrons. The highest BCUT2D eigenvalue weighted by molar-refractivity contribution is 7.95. The van der Waals surface area contributed by atoms with Crippen LogP contribution < -0.4 is 14.4 Å². The monoisotopic (exact) mass is 358 g/mol. The molecular weight excluding hydrogens is 340 g/mol. The minimum absolute atomic E-state index is 0.170. The second-order valence-corrected chi connectivity index (χ2v) is 8.46. The van der Waals surface area contributed by atoms with Crippen molar-refractivity contribution < 1.29 is 17.9 Å². The lowest BCUT2D eigenvalue weighted by Crippen LogP contribution is -2.42. The molecule has 2 fully saturated rings. The fourth-order valence-corrected chi connectivity index (χ4v) is 5.84. The third-order valence-corrected chi connectivity index (χ3v) is 7.51. The Morgan fingerprint density at radius 3 is 2.48 bits per heavy atom. The molecule has 1 amide bonds. The number of sulfonamides is 1. The van der Waals surface area contributed by atoms with Crippen molar-refractivity contribution in [2.45, 2.75) is 11.2 Å². The van der Waals surface area contributed by atoms with E-state index < -0.39 is 20.7 Å². The lowest BCUT2D eigenvalue weighted by atomic mass is 10.2. The number of ether oxygens (including phenoxy) is 1. The number of rotatable bonds is 4. The van der Waals surface area contributed by atoms with E-state index in [0.717, 1.165) is 0 Å². The fraction of sp³-hybridized carbons (Fsp3) is 0.278. The van der Waals surface area contributed by atoms with Crippen molar-refractivity contribution in [2.75, 3.05) is 23.3 Å². The van der Waals surface area contributed by atoms with Crippen molar-refractivity contribution in [1.29, 1.82) is 0 Å². The summed E-state index contributed by atoms with van der Waals surface area (Å²) in [7, 11) is -2.18. The Balaban J connectivity index is 1.59. The van der Waals surface area contributed by atoms with E-state index in [2.05, 4.69) is 5.32 Å². The first-order valence-electron chi connectivity index (χ1n) is 8.02. The topological polar surface area (TPSA) is 75.7 Å². The molecule has 1 saturated carbocycles. The lowest BCUT2D eigenvalue weighted by Gasteiger charge is -2.22. The first-order valence-corrected chi connectivity index (χ1v) is 9.46. The van der Waals surface area contributed by atoms with Gasteiger partial charge in [0.1, 0.15) is 5.75 Å². The maximum Gasteiger partial charge on any atom is 0.250 e. The van der Waals surface area contributed by atoms with Gasteiger partial charge in [-0.3, -0.25) is 9.10 Å². The van der Waals surface area contributed by atoms with E-state index in [4.69, 9.17) is 4.74 Å². The second-order valence-electron chi connectivity index (χ2n) is 6.34. The molecule has 1 N–H and O–H groups in total. The molecule has 7 heteroatoms. The summed E-state index contributed by atoms with van der Waals surface area (Å²) in [6.07, 6.45) is 0.376. The van der Waals surface area contributed by atoms with E-state index in [9.17, 15) is 13.2 Å².